The quantitative estimate of drug-likeness (QED) is 0.672. The first-order chi connectivity index (χ1) is 10.3. The van der Waals surface area contributed by atoms with Gasteiger partial charge in [0, 0.05) is 25.5 Å². The van der Waals surface area contributed by atoms with E-state index in [2.05, 4.69) is 26.8 Å². The number of imidazole rings is 1. The minimum atomic E-state index is 0.561. The lowest BCUT2D eigenvalue weighted by Crippen LogP contribution is -2.43. The van der Waals surface area contributed by atoms with Gasteiger partial charge >= 0.3 is 0 Å². The molecule has 0 saturated heterocycles. The maximum Gasteiger partial charge on any atom is 0.191 e. The van der Waals surface area contributed by atoms with Gasteiger partial charge in [-0.2, -0.15) is 0 Å². The normalized spacial score (nSPS) is 17.1. The van der Waals surface area contributed by atoms with E-state index in [1.807, 2.05) is 35.8 Å². The van der Waals surface area contributed by atoms with E-state index in [0.717, 1.165) is 17.3 Å². The number of nitrogens with one attached hydrogen (secondary N) is 2. The zero-order chi connectivity index (χ0) is 14.5. The van der Waals surface area contributed by atoms with Gasteiger partial charge in [0.2, 0.25) is 0 Å². The molecule has 1 aliphatic rings. The van der Waals surface area contributed by atoms with Crippen molar-refractivity contribution in [2.75, 3.05) is 7.05 Å². The van der Waals surface area contributed by atoms with Crippen molar-refractivity contribution in [3.63, 3.8) is 0 Å². The number of hydrogen-bond acceptors (Lipinski definition) is 2. The summed E-state index contributed by atoms with van der Waals surface area (Å²) in [6, 6.07) is 6.59. The molecule has 0 spiro atoms. The van der Waals surface area contributed by atoms with Gasteiger partial charge in [0.25, 0.3) is 0 Å². The number of aromatic nitrogens is 2. The van der Waals surface area contributed by atoms with Gasteiger partial charge in [-0.1, -0.05) is 25.3 Å². The number of rotatable bonds is 3. The second-order valence-electron chi connectivity index (χ2n) is 5.60. The van der Waals surface area contributed by atoms with Crippen molar-refractivity contribution in [1.82, 2.24) is 20.0 Å². The molecule has 0 amide bonds. The van der Waals surface area contributed by atoms with Crippen LogP contribution >= 0.6 is 0 Å². The Hall–Kier alpha value is -2.04. The van der Waals surface area contributed by atoms with Gasteiger partial charge in [0.05, 0.1) is 12.2 Å². The third kappa shape index (κ3) is 3.54. The van der Waals surface area contributed by atoms with Crippen LogP contribution in [0.5, 0.6) is 0 Å². The van der Waals surface area contributed by atoms with Crippen LogP contribution in [0.25, 0.3) is 5.65 Å². The molecule has 3 rings (SSSR count). The highest BCUT2D eigenvalue weighted by molar-refractivity contribution is 5.79. The SMILES string of the molecule is CN=C(NCc1cn2ccccc2n1)NC1CCCCC1. The first kappa shape index (κ1) is 13.9. The molecular formula is C16H23N5. The lowest BCUT2D eigenvalue weighted by atomic mass is 9.96. The molecular weight excluding hydrogens is 262 g/mol. The number of pyridine rings is 1. The van der Waals surface area contributed by atoms with Gasteiger partial charge in [-0.15, -0.1) is 0 Å². The molecule has 1 saturated carbocycles. The van der Waals surface area contributed by atoms with Crippen LogP contribution in [-0.2, 0) is 6.54 Å². The molecule has 0 aliphatic heterocycles. The maximum absolute atomic E-state index is 4.58. The van der Waals surface area contributed by atoms with Gasteiger partial charge in [0.1, 0.15) is 5.65 Å². The summed E-state index contributed by atoms with van der Waals surface area (Å²) in [5, 5.41) is 6.87. The predicted octanol–water partition coefficient (Wildman–Crippen LogP) is 2.33. The van der Waals surface area contributed by atoms with E-state index in [0.29, 0.717) is 12.6 Å². The first-order valence-corrected chi connectivity index (χ1v) is 7.75. The Morgan fingerprint density at radius 1 is 1.33 bits per heavy atom. The maximum atomic E-state index is 4.58. The highest BCUT2D eigenvalue weighted by atomic mass is 15.2. The van der Waals surface area contributed by atoms with Gasteiger partial charge in [-0.05, 0) is 25.0 Å². The van der Waals surface area contributed by atoms with Crippen molar-refractivity contribution in [2.24, 2.45) is 4.99 Å². The molecule has 0 radical (unpaired) electrons. The highest BCUT2D eigenvalue weighted by Crippen LogP contribution is 2.17. The fourth-order valence-corrected chi connectivity index (χ4v) is 2.88. The molecule has 1 aliphatic carbocycles. The smallest absolute Gasteiger partial charge is 0.191 e. The highest BCUT2D eigenvalue weighted by Gasteiger charge is 2.14. The molecule has 0 unspecified atom stereocenters. The molecule has 5 heteroatoms. The predicted molar refractivity (Wildman–Crippen MR) is 85.4 cm³/mol. The third-order valence-electron chi connectivity index (χ3n) is 4.02. The van der Waals surface area contributed by atoms with Gasteiger partial charge in [-0.3, -0.25) is 4.99 Å². The minimum absolute atomic E-state index is 0.561. The Bertz CT molecular complexity index is 577. The second kappa shape index (κ2) is 6.61. The lowest BCUT2D eigenvalue weighted by molar-refractivity contribution is 0.410. The fourth-order valence-electron chi connectivity index (χ4n) is 2.88. The molecule has 2 heterocycles. The summed E-state index contributed by atoms with van der Waals surface area (Å²) in [7, 11) is 1.82. The van der Waals surface area contributed by atoms with Crippen LogP contribution < -0.4 is 10.6 Å². The minimum Gasteiger partial charge on any atom is -0.354 e. The van der Waals surface area contributed by atoms with Crippen LogP contribution in [0.1, 0.15) is 37.8 Å². The van der Waals surface area contributed by atoms with Crippen molar-refractivity contribution in [3.05, 3.63) is 36.3 Å². The summed E-state index contributed by atoms with van der Waals surface area (Å²) in [6.07, 6.45) is 10.6. The Kier molecular flexibility index (Phi) is 4.38. The number of hydrogen-bond donors (Lipinski definition) is 2. The first-order valence-electron chi connectivity index (χ1n) is 7.75. The Labute approximate surface area is 125 Å². The summed E-state index contributed by atoms with van der Waals surface area (Å²) in [4.78, 5) is 8.89. The molecule has 2 aromatic rings. The fraction of sp³-hybridized carbons (Fsp3) is 0.500. The second-order valence-corrected chi connectivity index (χ2v) is 5.60. The standard InChI is InChI=1S/C16H23N5/c1-17-16(20-13-7-3-2-4-8-13)18-11-14-12-21-10-6-5-9-15(21)19-14/h5-6,9-10,12-13H,2-4,7-8,11H2,1H3,(H2,17,18,20). The van der Waals surface area contributed by atoms with E-state index >= 15 is 0 Å². The average molecular weight is 285 g/mol. The van der Waals surface area contributed by atoms with Crippen LogP contribution in [0.2, 0.25) is 0 Å². The van der Waals surface area contributed by atoms with E-state index in [1.54, 1.807) is 0 Å². The Morgan fingerprint density at radius 3 is 2.95 bits per heavy atom. The molecule has 0 bridgehead atoms. The molecule has 112 valence electrons. The number of guanidine groups is 1. The third-order valence-corrected chi connectivity index (χ3v) is 4.02. The van der Waals surface area contributed by atoms with Crippen molar-refractivity contribution < 1.29 is 0 Å². The van der Waals surface area contributed by atoms with Crippen LogP contribution in [0.3, 0.4) is 0 Å². The van der Waals surface area contributed by atoms with Gasteiger partial charge in [0.15, 0.2) is 5.96 Å². The van der Waals surface area contributed by atoms with Crippen molar-refractivity contribution >= 4 is 11.6 Å². The lowest BCUT2D eigenvalue weighted by Gasteiger charge is -2.24. The average Bonchev–Trinajstić information content (AvgIpc) is 2.95. The number of nitrogens with zero attached hydrogens (tertiary/aromatic N) is 3. The van der Waals surface area contributed by atoms with Crippen LogP contribution in [0.15, 0.2) is 35.6 Å². The van der Waals surface area contributed by atoms with E-state index < -0.39 is 0 Å². The summed E-state index contributed by atoms with van der Waals surface area (Å²) in [5.41, 5.74) is 2.00. The van der Waals surface area contributed by atoms with E-state index in [9.17, 15) is 0 Å². The van der Waals surface area contributed by atoms with Crippen molar-refractivity contribution in [2.45, 2.75) is 44.7 Å². The molecule has 2 aromatic heterocycles. The molecule has 5 nitrogen and oxygen atoms in total. The van der Waals surface area contributed by atoms with Crippen molar-refractivity contribution in [3.8, 4) is 0 Å². The molecule has 1 fully saturated rings. The number of aliphatic imine (C=N–C) groups is 1. The van der Waals surface area contributed by atoms with Crippen LogP contribution in [-0.4, -0.2) is 28.4 Å². The van der Waals surface area contributed by atoms with E-state index in [1.165, 1.54) is 32.1 Å². The Balaban J connectivity index is 1.57. The van der Waals surface area contributed by atoms with Gasteiger partial charge in [-0.25, -0.2) is 4.98 Å². The summed E-state index contributed by atoms with van der Waals surface area (Å²) < 4.78 is 2.04. The monoisotopic (exact) mass is 285 g/mol. The largest absolute Gasteiger partial charge is 0.354 e. The topological polar surface area (TPSA) is 53.7 Å². The van der Waals surface area contributed by atoms with E-state index in [4.69, 9.17) is 0 Å². The molecule has 21 heavy (non-hydrogen) atoms. The van der Waals surface area contributed by atoms with Crippen LogP contribution in [0, 0.1) is 0 Å². The molecule has 0 aromatic carbocycles. The molecule has 2 N–H and O–H groups in total. The zero-order valence-electron chi connectivity index (χ0n) is 12.5. The van der Waals surface area contributed by atoms with Gasteiger partial charge < -0.3 is 15.0 Å². The summed E-state index contributed by atoms with van der Waals surface area (Å²) >= 11 is 0. The van der Waals surface area contributed by atoms with Crippen molar-refractivity contribution in [1.29, 1.82) is 0 Å². The molecule has 0 atom stereocenters. The van der Waals surface area contributed by atoms with E-state index in [-0.39, 0.29) is 0 Å². The summed E-state index contributed by atoms with van der Waals surface area (Å²) in [6.45, 7) is 0.689. The van der Waals surface area contributed by atoms with Crippen LogP contribution in [0.4, 0.5) is 0 Å². The zero-order valence-corrected chi connectivity index (χ0v) is 12.5. The number of fused-ring (bicyclic) bond motifs is 1. The Morgan fingerprint density at radius 2 is 2.19 bits per heavy atom. The summed E-state index contributed by atoms with van der Waals surface area (Å²) in [5.74, 6) is 0.874.